The first-order valence-electron chi connectivity index (χ1n) is 5.23. The Balaban J connectivity index is 2.03. The summed E-state index contributed by atoms with van der Waals surface area (Å²) in [5, 5.41) is 2.05. The molecule has 0 aromatic carbocycles. The summed E-state index contributed by atoms with van der Waals surface area (Å²) in [6.07, 6.45) is 2.05. The number of alkyl halides is 1. The molecule has 2 aromatic heterocycles. The zero-order chi connectivity index (χ0) is 11.0. The Labute approximate surface area is 107 Å². The molecule has 0 atom stereocenters. The van der Waals surface area contributed by atoms with E-state index in [1.54, 1.807) is 11.3 Å². The fourth-order valence-electron chi connectivity index (χ4n) is 1.97. The number of thioether (sulfide) groups is 1. The number of rotatable bonds is 2. The molecule has 86 valence electrons. The van der Waals surface area contributed by atoms with Crippen LogP contribution >= 0.6 is 34.7 Å². The summed E-state index contributed by atoms with van der Waals surface area (Å²) in [5.41, 5.74) is 1.13. The maximum Gasteiger partial charge on any atom is 0.195 e. The maximum absolute atomic E-state index is 6.04. The highest BCUT2D eigenvalue weighted by atomic mass is 35.5. The van der Waals surface area contributed by atoms with Crippen molar-refractivity contribution in [3.05, 3.63) is 17.3 Å². The first-order valence-corrected chi connectivity index (χ1v) is 7.80. The van der Waals surface area contributed by atoms with E-state index in [9.17, 15) is 0 Å². The Hall–Kier alpha value is -0.390. The number of imidazole rings is 1. The minimum Gasteiger partial charge on any atom is -0.353 e. The number of hydrogen-bond donors (Lipinski definition) is 0. The molecule has 1 aliphatic rings. The van der Waals surface area contributed by atoms with E-state index in [2.05, 4.69) is 14.3 Å². The van der Waals surface area contributed by atoms with Gasteiger partial charge in [-0.1, -0.05) is 0 Å². The van der Waals surface area contributed by atoms with Crippen molar-refractivity contribution in [2.75, 3.05) is 29.5 Å². The molecule has 0 unspecified atom stereocenters. The van der Waals surface area contributed by atoms with Gasteiger partial charge in [-0.05, 0) is 0 Å². The average Bonchev–Trinajstić information content (AvgIpc) is 2.89. The van der Waals surface area contributed by atoms with Gasteiger partial charge in [0, 0.05) is 36.2 Å². The number of anilines is 1. The molecule has 16 heavy (non-hydrogen) atoms. The van der Waals surface area contributed by atoms with Crippen molar-refractivity contribution in [2.45, 2.75) is 5.88 Å². The highest BCUT2D eigenvalue weighted by molar-refractivity contribution is 7.99. The van der Waals surface area contributed by atoms with Crippen LogP contribution in [-0.4, -0.2) is 34.0 Å². The lowest BCUT2D eigenvalue weighted by molar-refractivity contribution is 0.837. The lowest BCUT2D eigenvalue weighted by atomic mass is 10.4. The molecular weight excluding hydrogens is 262 g/mol. The van der Waals surface area contributed by atoms with E-state index in [4.69, 9.17) is 11.6 Å². The Morgan fingerprint density at radius 3 is 2.94 bits per heavy atom. The van der Waals surface area contributed by atoms with Crippen molar-refractivity contribution < 1.29 is 0 Å². The third kappa shape index (κ3) is 1.71. The van der Waals surface area contributed by atoms with Gasteiger partial charge in [0.05, 0.1) is 11.6 Å². The van der Waals surface area contributed by atoms with Crippen molar-refractivity contribution in [2.24, 2.45) is 0 Å². The molecule has 3 rings (SSSR count). The van der Waals surface area contributed by atoms with E-state index in [0.29, 0.717) is 5.88 Å². The second kappa shape index (κ2) is 4.47. The van der Waals surface area contributed by atoms with Gasteiger partial charge in [-0.3, -0.25) is 4.40 Å². The van der Waals surface area contributed by atoms with Gasteiger partial charge in [0.15, 0.2) is 10.8 Å². The predicted molar refractivity (Wildman–Crippen MR) is 72.2 cm³/mol. The van der Waals surface area contributed by atoms with Crippen LogP contribution in [0.15, 0.2) is 11.6 Å². The molecular formula is C10H12ClN3S2. The highest BCUT2D eigenvalue weighted by Gasteiger charge is 2.19. The van der Waals surface area contributed by atoms with Crippen LogP contribution < -0.4 is 4.90 Å². The van der Waals surface area contributed by atoms with Crippen LogP contribution in [0.25, 0.3) is 4.96 Å². The van der Waals surface area contributed by atoms with E-state index in [1.807, 2.05) is 23.3 Å². The average molecular weight is 274 g/mol. The summed E-state index contributed by atoms with van der Waals surface area (Å²) in [6.45, 7) is 2.17. The Bertz CT molecular complexity index is 487. The summed E-state index contributed by atoms with van der Waals surface area (Å²) in [4.78, 5) is 8.08. The molecule has 0 saturated carbocycles. The molecule has 2 aromatic rings. The molecule has 0 radical (unpaired) electrons. The minimum absolute atomic E-state index is 0.525. The SMILES string of the molecule is ClCc1c(N2CCSCC2)nc2sccn12. The minimum atomic E-state index is 0.525. The Morgan fingerprint density at radius 2 is 2.19 bits per heavy atom. The third-order valence-electron chi connectivity index (χ3n) is 2.78. The van der Waals surface area contributed by atoms with Gasteiger partial charge in [-0.15, -0.1) is 22.9 Å². The molecule has 1 aliphatic heterocycles. The van der Waals surface area contributed by atoms with Gasteiger partial charge in [0.2, 0.25) is 0 Å². The molecule has 0 spiro atoms. The van der Waals surface area contributed by atoms with Crippen LogP contribution in [-0.2, 0) is 5.88 Å². The fraction of sp³-hybridized carbons (Fsp3) is 0.500. The molecule has 3 nitrogen and oxygen atoms in total. The van der Waals surface area contributed by atoms with Gasteiger partial charge in [0.25, 0.3) is 0 Å². The lowest BCUT2D eigenvalue weighted by Crippen LogP contribution is -2.33. The number of halogens is 1. The van der Waals surface area contributed by atoms with E-state index in [-0.39, 0.29) is 0 Å². The van der Waals surface area contributed by atoms with E-state index in [0.717, 1.165) is 29.6 Å². The number of thiazole rings is 1. The smallest absolute Gasteiger partial charge is 0.195 e. The number of aromatic nitrogens is 2. The largest absolute Gasteiger partial charge is 0.353 e. The normalized spacial score (nSPS) is 17.2. The molecule has 0 bridgehead atoms. The molecule has 0 aliphatic carbocycles. The predicted octanol–water partition coefficient (Wildman–Crippen LogP) is 2.69. The second-order valence-electron chi connectivity index (χ2n) is 3.67. The van der Waals surface area contributed by atoms with Gasteiger partial charge in [-0.2, -0.15) is 11.8 Å². The second-order valence-corrected chi connectivity index (χ2v) is 6.04. The molecule has 3 heterocycles. The fourth-order valence-corrected chi connectivity index (χ4v) is 3.85. The van der Waals surface area contributed by atoms with Gasteiger partial charge < -0.3 is 4.90 Å². The lowest BCUT2D eigenvalue weighted by Gasteiger charge is -2.27. The number of fused-ring (bicyclic) bond motifs is 1. The van der Waals surface area contributed by atoms with Crippen molar-refractivity contribution in [1.29, 1.82) is 0 Å². The van der Waals surface area contributed by atoms with Crippen molar-refractivity contribution >= 4 is 45.5 Å². The zero-order valence-corrected chi connectivity index (χ0v) is 11.1. The summed E-state index contributed by atoms with van der Waals surface area (Å²) < 4.78 is 2.11. The summed E-state index contributed by atoms with van der Waals surface area (Å²) >= 11 is 9.71. The van der Waals surface area contributed by atoms with Gasteiger partial charge in [0.1, 0.15) is 0 Å². The van der Waals surface area contributed by atoms with Crippen LogP contribution in [0, 0.1) is 0 Å². The third-order valence-corrected chi connectivity index (χ3v) is 4.73. The molecule has 0 N–H and O–H groups in total. The molecule has 6 heteroatoms. The van der Waals surface area contributed by atoms with Crippen LogP contribution in [0.5, 0.6) is 0 Å². The Kier molecular flexibility index (Phi) is 3.00. The number of nitrogens with zero attached hydrogens (tertiary/aromatic N) is 3. The van der Waals surface area contributed by atoms with Gasteiger partial charge >= 0.3 is 0 Å². The number of hydrogen-bond acceptors (Lipinski definition) is 4. The monoisotopic (exact) mass is 273 g/mol. The van der Waals surface area contributed by atoms with Gasteiger partial charge in [-0.25, -0.2) is 4.98 Å². The van der Waals surface area contributed by atoms with E-state index < -0.39 is 0 Å². The van der Waals surface area contributed by atoms with Crippen molar-refractivity contribution in [1.82, 2.24) is 9.38 Å². The molecule has 1 fully saturated rings. The first-order chi connectivity index (χ1) is 7.90. The highest BCUT2D eigenvalue weighted by Crippen LogP contribution is 2.27. The van der Waals surface area contributed by atoms with Crippen molar-refractivity contribution in [3.8, 4) is 0 Å². The van der Waals surface area contributed by atoms with Crippen LogP contribution in [0.2, 0.25) is 0 Å². The maximum atomic E-state index is 6.04. The summed E-state index contributed by atoms with van der Waals surface area (Å²) in [7, 11) is 0. The molecule has 1 saturated heterocycles. The topological polar surface area (TPSA) is 20.5 Å². The summed E-state index contributed by atoms with van der Waals surface area (Å²) in [6, 6.07) is 0. The summed E-state index contributed by atoms with van der Waals surface area (Å²) in [5.74, 6) is 3.98. The van der Waals surface area contributed by atoms with Crippen molar-refractivity contribution in [3.63, 3.8) is 0 Å². The molecule has 0 amide bonds. The van der Waals surface area contributed by atoms with Crippen LogP contribution in [0.4, 0.5) is 5.82 Å². The van der Waals surface area contributed by atoms with E-state index >= 15 is 0 Å². The standard InChI is InChI=1S/C10H12ClN3S2/c11-7-8-9(13-1-4-15-5-2-13)12-10-14(8)3-6-16-10/h3,6H,1-2,4-5,7H2. The first kappa shape index (κ1) is 10.7. The Morgan fingerprint density at radius 1 is 1.38 bits per heavy atom. The van der Waals surface area contributed by atoms with Crippen LogP contribution in [0.1, 0.15) is 5.69 Å². The zero-order valence-electron chi connectivity index (χ0n) is 8.73. The quantitative estimate of drug-likeness (QED) is 0.785. The van der Waals surface area contributed by atoms with Crippen LogP contribution in [0.3, 0.4) is 0 Å². The van der Waals surface area contributed by atoms with E-state index in [1.165, 1.54) is 11.5 Å².